The van der Waals surface area contributed by atoms with Crippen LogP contribution in [0.2, 0.25) is 0 Å². The van der Waals surface area contributed by atoms with Crippen LogP contribution in [0, 0.1) is 0 Å². The number of hydrogen-bond donors (Lipinski definition) is 1. The molecule has 0 aliphatic heterocycles. The lowest BCUT2D eigenvalue weighted by atomic mass is 10.2. The molecule has 0 bridgehead atoms. The second-order valence-electron chi connectivity index (χ2n) is 6.84. The molecular formula is C24H26NO5P. The van der Waals surface area contributed by atoms with Crippen molar-refractivity contribution in [2.24, 2.45) is 0 Å². The maximum atomic E-state index is 13.3. The van der Waals surface area contributed by atoms with Gasteiger partial charge >= 0.3 is 13.7 Å². The van der Waals surface area contributed by atoms with Crippen LogP contribution in [-0.2, 0) is 38.2 Å². The highest BCUT2D eigenvalue weighted by Crippen LogP contribution is 2.49. The predicted molar refractivity (Wildman–Crippen MR) is 120 cm³/mol. The molecule has 0 unspecified atom stereocenters. The summed E-state index contributed by atoms with van der Waals surface area (Å²) in [6.07, 6.45) is -0.547. The van der Waals surface area contributed by atoms with Crippen molar-refractivity contribution < 1.29 is 23.1 Å². The van der Waals surface area contributed by atoms with Gasteiger partial charge in [0.2, 0.25) is 0 Å². The molecule has 0 aliphatic carbocycles. The molecule has 0 atom stereocenters. The number of rotatable bonds is 11. The summed E-state index contributed by atoms with van der Waals surface area (Å²) in [4.78, 5) is 12.0. The Morgan fingerprint density at radius 1 is 0.677 bits per heavy atom. The van der Waals surface area contributed by atoms with E-state index in [1.807, 2.05) is 91.0 Å². The lowest BCUT2D eigenvalue weighted by molar-refractivity contribution is 0.140. The molecule has 0 spiro atoms. The fourth-order valence-corrected chi connectivity index (χ4v) is 4.14. The van der Waals surface area contributed by atoms with Crippen molar-refractivity contribution in [3.05, 3.63) is 108 Å². The monoisotopic (exact) mass is 439 g/mol. The zero-order valence-corrected chi connectivity index (χ0v) is 18.1. The SMILES string of the molecule is O=C(NCCP(=O)(OCc1ccccc1)OCc1ccccc1)OCc1ccccc1. The summed E-state index contributed by atoms with van der Waals surface area (Å²) in [5.41, 5.74) is 2.67. The number of ether oxygens (including phenoxy) is 1. The van der Waals surface area contributed by atoms with E-state index in [0.29, 0.717) is 0 Å². The highest BCUT2D eigenvalue weighted by atomic mass is 31.2. The van der Waals surface area contributed by atoms with Crippen molar-refractivity contribution in [1.29, 1.82) is 0 Å². The fraction of sp³-hybridized carbons (Fsp3) is 0.208. The van der Waals surface area contributed by atoms with Crippen LogP contribution in [0.25, 0.3) is 0 Å². The van der Waals surface area contributed by atoms with Crippen molar-refractivity contribution in [2.75, 3.05) is 12.7 Å². The number of amides is 1. The van der Waals surface area contributed by atoms with Gasteiger partial charge in [0, 0.05) is 6.54 Å². The molecule has 1 N–H and O–H groups in total. The Kier molecular flexibility index (Phi) is 8.85. The first-order valence-electron chi connectivity index (χ1n) is 10.0. The van der Waals surface area contributed by atoms with Gasteiger partial charge in [-0.15, -0.1) is 0 Å². The molecule has 6 nitrogen and oxygen atoms in total. The third kappa shape index (κ3) is 8.38. The highest BCUT2D eigenvalue weighted by Gasteiger charge is 2.25. The minimum atomic E-state index is -3.45. The molecule has 162 valence electrons. The number of nitrogens with one attached hydrogen (secondary N) is 1. The van der Waals surface area contributed by atoms with E-state index in [-0.39, 0.29) is 32.5 Å². The summed E-state index contributed by atoms with van der Waals surface area (Å²) in [6.45, 7) is 0.588. The molecule has 31 heavy (non-hydrogen) atoms. The lowest BCUT2D eigenvalue weighted by Gasteiger charge is -2.19. The summed E-state index contributed by atoms with van der Waals surface area (Å²) in [7, 11) is -3.45. The van der Waals surface area contributed by atoms with Crippen LogP contribution in [0.4, 0.5) is 4.79 Å². The molecule has 0 saturated carbocycles. The molecule has 3 aromatic carbocycles. The molecule has 3 aromatic rings. The smallest absolute Gasteiger partial charge is 0.407 e. The number of alkyl carbamates (subject to hydrolysis) is 1. The molecule has 3 rings (SSSR count). The van der Waals surface area contributed by atoms with E-state index in [9.17, 15) is 9.36 Å². The Hall–Kier alpha value is -2.92. The van der Waals surface area contributed by atoms with Crippen molar-refractivity contribution in [3.8, 4) is 0 Å². The van der Waals surface area contributed by atoms with E-state index < -0.39 is 13.7 Å². The van der Waals surface area contributed by atoms with Gasteiger partial charge in [0.25, 0.3) is 0 Å². The van der Waals surface area contributed by atoms with Gasteiger partial charge in [-0.05, 0) is 16.7 Å². The van der Waals surface area contributed by atoms with Gasteiger partial charge < -0.3 is 19.1 Å². The van der Waals surface area contributed by atoms with E-state index in [1.54, 1.807) is 0 Å². The van der Waals surface area contributed by atoms with Crippen LogP contribution in [-0.4, -0.2) is 18.8 Å². The number of hydrogen-bond acceptors (Lipinski definition) is 5. The van der Waals surface area contributed by atoms with Gasteiger partial charge in [0.05, 0.1) is 19.4 Å². The first-order valence-corrected chi connectivity index (χ1v) is 11.8. The summed E-state index contributed by atoms with van der Waals surface area (Å²) in [5.74, 6) is 0. The van der Waals surface area contributed by atoms with E-state index in [1.165, 1.54) is 0 Å². The van der Waals surface area contributed by atoms with Gasteiger partial charge in [-0.25, -0.2) is 4.79 Å². The Balaban J connectivity index is 1.51. The second kappa shape index (κ2) is 12.1. The highest BCUT2D eigenvalue weighted by molar-refractivity contribution is 7.53. The maximum absolute atomic E-state index is 13.3. The van der Waals surface area contributed by atoms with Crippen LogP contribution < -0.4 is 5.32 Å². The summed E-state index contributed by atoms with van der Waals surface area (Å²) in [6, 6.07) is 28.3. The van der Waals surface area contributed by atoms with Crippen LogP contribution in [0.1, 0.15) is 16.7 Å². The molecule has 0 fully saturated rings. The normalized spacial score (nSPS) is 11.1. The number of carbonyl (C=O) groups excluding carboxylic acids is 1. The van der Waals surface area contributed by atoms with E-state index >= 15 is 0 Å². The minimum Gasteiger partial charge on any atom is -0.445 e. The van der Waals surface area contributed by atoms with Gasteiger partial charge in [-0.2, -0.15) is 0 Å². The standard InChI is InChI=1S/C24H26NO5P/c26-24(28-18-21-10-4-1-5-11-21)25-16-17-31(27,29-19-22-12-6-2-7-13-22)30-20-23-14-8-3-9-15-23/h1-15H,16-20H2,(H,25,26). The summed E-state index contributed by atoms with van der Waals surface area (Å²) >= 11 is 0. The topological polar surface area (TPSA) is 73.9 Å². The van der Waals surface area contributed by atoms with Gasteiger partial charge in [-0.3, -0.25) is 4.57 Å². The first kappa shape index (κ1) is 22.8. The molecule has 0 radical (unpaired) electrons. The van der Waals surface area contributed by atoms with Crippen LogP contribution >= 0.6 is 7.60 Å². The largest absolute Gasteiger partial charge is 0.445 e. The Morgan fingerprint density at radius 2 is 1.10 bits per heavy atom. The molecule has 0 aromatic heterocycles. The molecule has 0 heterocycles. The van der Waals surface area contributed by atoms with Crippen LogP contribution in [0.15, 0.2) is 91.0 Å². The third-order valence-corrected chi connectivity index (χ3v) is 6.23. The van der Waals surface area contributed by atoms with Gasteiger partial charge in [0.1, 0.15) is 6.61 Å². The molecule has 0 saturated heterocycles. The molecule has 0 aliphatic rings. The molecule has 1 amide bonds. The second-order valence-corrected chi connectivity index (χ2v) is 9.03. The average molecular weight is 439 g/mol. The van der Waals surface area contributed by atoms with Crippen molar-refractivity contribution in [3.63, 3.8) is 0 Å². The lowest BCUT2D eigenvalue weighted by Crippen LogP contribution is -2.27. The van der Waals surface area contributed by atoms with Crippen LogP contribution in [0.5, 0.6) is 0 Å². The Labute approximate surface area is 182 Å². The number of carbonyl (C=O) groups is 1. The number of benzene rings is 3. The van der Waals surface area contributed by atoms with E-state index in [0.717, 1.165) is 16.7 Å². The van der Waals surface area contributed by atoms with E-state index in [2.05, 4.69) is 5.32 Å². The first-order chi connectivity index (χ1) is 15.1. The zero-order valence-electron chi connectivity index (χ0n) is 17.2. The third-order valence-electron chi connectivity index (χ3n) is 4.41. The van der Waals surface area contributed by atoms with Crippen molar-refractivity contribution >= 4 is 13.7 Å². The summed E-state index contributed by atoms with van der Waals surface area (Å²) in [5, 5.41) is 2.61. The van der Waals surface area contributed by atoms with Crippen molar-refractivity contribution in [1.82, 2.24) is 5.32 Å². The Bertz CT molecular complexity index is 920. The van der Waals surface area contributed by atoms with Crippen molar-refractivity contribution in [2.45, 2.75) is 19.8 Å². The van der Waals surface area contributed by atoms with Crippen LogP contribution in [0.3, 0.4) is 0 Å². The summed E-state index contributed by atoms with van der Waals surface area (Å²) < 4.78 is 29.8. The minimum absolute atomic E-state index is 0.0348. The van der Waals surface area contributed by atoms with E-state index in [4.69, 9.17) is 13.8 Å². The average Bonchev–Trinajstić information content (AvgIpc) is 2.82. The Morgan fingerprint density at radius 3 is 1.55 bits per heavy atom. The predicted octanol–water partition coefficient (Wildman–Crippen LogP) is 5.54. The van der Waals surface area contributed by atoms with Gasteiger partial charge in [-0.1, -0.05) is 91.0 Å². The van der Waals surface area contributed by atoms with Gasteiger partial charge in [0.15, 0.2) is 0 Å². The molecule has 7 heteroatoms. The quantitative estimate of drug-likeness (QED) is 0.397. The zero-order chi connectivity index (χ0) is 21.8. The fourth-order valence-electron chi connectivity index (χ4n) is 2.73. The molecular weight excluding hydrogens is 413 g/mol. The maximum Gasteiger partial charge on any atom is 0.407 e.